The van der Waals surface area contributed by atoms with E-state index in [0.29, 0.717) is 17.1 Å². The van der Waals surface area contributed by atoms with E-state index < -0.39 is 6.03 Å². The zero-order valence-corrected chi connectivity index (χ0v) is 22.7. The summed E-state index contributed by atoms with van der Waals surface area (Å²) in [5.74, 6) is 1.16. The molecule has 39 heavy (non-hydrogen) atoms. The third-order valence-corrected chi connectivity index (χ3v) is 6.91. The fraction of sp³-hybridized carbons (Fsp3) is 0.276. The molecular formula is C29H32N6O4. The number of hydrogen-bond donors (Lipinski definition) is 3. The van der Waals surface area contributed by atoms with E-state index >= 15 is 0 Å². The van der Waals surface area contributed by atoms with Crippen LogP contribution in [0.4, 0.5) is 4.79 Å². The molecule has 0 fully saturated rings. The number of hydrogen-bond acceptors (Lipinski definition) is 6. The van der Waals surface area contributed by atoms with Gasteiger partial charge in [-0.05, 0) is 69.9 Å². The van der Waals surface area contributed by atoms with Gasteiger partial charge in [-0.2, -0.15) is 5.10 Å². The first-order valence-corrected chi connectivity index (χ1v) is 12.7. The number of nitrogens with zero attached hydrogens (tertiary/aromatic N) is 3. The SMILES string of the molecule is COc1ccc2[nH]c(-c3c(C)nn(CCN(C)C)c3C)c(C=C3Oc4ccc(CNC(N)=O)cc4C3=O)c2c1. The lowest BCUT2D eigenvalue weighted by molar-refractivity contribution is 0.101. The van der Waals surface area contributed by atoms with Gasteiger partial charge in [0.1, 0.15) is 11.5 Å². The molecule has 10 nitrogen and oxygen atoms in total. The lowest BCUT2D eigenvalue weighted by Gasteiger charge is -2.11. The Bertz CT molecular complexity index is 1630. The van der Waals surface area contributed by atoms with Crippen molar-refractivity contribution >= 4 is 28.8 Å². The highest BCUT2D eigenvalue weighted by atomic mass is 16.5. The molecule has 0 saturated heterocycles. The minimum Gasteiger partial charge on any atom is -0.497 e. The lowest BCUT2D eigenvalue weighted by Crippen LogP contribution is -2.28. The van der Waals surface area contributed by atoms with E-state index in [2.05, 4.69) is 22.1 Å². The summed E-state index contributed by atoms with van der Waals surface area (Å²) in [6, 6.07) is 10.4. The zero-order chi connectivity index (χ0) is 27.8. The number of carbonyl (C=O) groups is 2. The number of fused-ring (bicyclic) bond motifs is 2. The van der Waals surface area contributed by atoms with Crippen molar-refractivity contribution < 1.29 is 19.1 Å². The van der Waals surface area contributed by atoms with Gasteiger partial charge in [-0.1, -0.05) is 6.07 Å². The summed E-state index contributed by atoms with van der Waals surface area (Å²) < 4.78 is 13.5. The van der Waals surface area contributed by atoms with E-state index in [0.717, 1.165) is 57.8 Å². The van der Waals surface area contributed by atoms with Crippen LogP contribution in [0.2, 0.25) is 0 Å². The number of primary amides is 1. The third-order valence-electron chi connectivity index (χ3n) is 6.91. The minimum atomic E-state index is -0.628. The molecule has 0 radical (unpaired) electrons. The fourth-order valence-corrected chi connectivity index (χ4v) is 4.90. The number of aryl methyl sites for hydroxylation is 1. The highest BCUT2D eigenvalue weighted by Crippen LogP contribution is 2.39. The Morgan fingerprint density at radius 3 is 2.74 bits per heavy atom. The maximum absolute atomic E-state index is 13.4. The largest absolute Gasteiger partial charge is 0.497 e. The van der Waals surface area contributed by atoms with Crippen molar-refractivity contribution in [3.05, 3.63) is 70.2 Å². The number of benzene rings is 2. The molecule has 1 aliphatic heterocycles. The molecule has 1 aliphatic rings. The Morgan fingerprint density at radius 1 is 1.23 bits per heavy atom. The number of H-pyrrole nitrogens is 1. The summed E-state index contributed by atoms with van der Waals surface area (Å²) in [4.78, 5) is 30.2. The monoisotopic (exact) mass is 528 g/mol. The van der Waals surface area contributed by atoms with Crippen LogP contribution in [0.1, 0.15) is 32.9 Å². The van der Waals surface area contributed by atoms with Crippen molar-refractivity contribution in [2.45, 2.75) is 26.9 Å². The number of Topliss-reactive ketones (excluding diaryl/α,β-unsaturated/α-hetero) is 1. The molecule has 2 aromatic carbocycles. The third kappa shape index (κ3) is 4.98. The summed E-state index contributed by atoms with van der Waals surface area (Å²) in [5.41, 5.74) is 11.9. The van der Waals surface area contributed by atoms with Crippen LogP contribution in [0.5, 0.6) is 11.5 Å². The number of ether oxygens (including phenoxy) is 2. The Labute approximate surface area is 226 Å². The predicted octanol–water partition coefficient (Wildman–Crippen LogP) is 4.00. The van der Waals surface area contributed by atoms with Crippen molar-refractivity contribution in [2.24, 2.45) is 5.73 Å². The van der Waals surface area contributed by atoms with Crippen LogP contribution in [0.15, 0.2) is 42.2 Å². The number of nitrogens with one attached hydrogen (secondary N) is 2. The van der Waals surface area contributed by atoms with Crippen molar-refractivity contribution in [2.75, 3.05) is 27.7 Å². The Kier molecular flexibility index (Phi) is 6.88. The van der Waals surface area contributed by atoms with Gasteiger partial charge in [-0.15, -0.1) is 0 Å². The minimum absolute atomic E-state index is 0.213. The molecule has 0 atom stereocenters. The number of aromatic amines is 1. The Hall–Kier alpha value is -4.57. The summed E-state index contributed by atoms with van der Waals surface area (Å²) >= 11 is 0. The first-order valence-electron chi connectivity index (χ1n) is 12.7. The second-order valence-corrected chi connectivity index (χ2v) is 9.89. The molecule has 4 N–H and O–H groups in total. The maximum Gasteiger partial charge on any atom is 0.312 e. The molecule has 202 valence electrons. The van der Waals surface area contributed by atoms with E-state index in [1.165, 1.54) is 0 Å². The van der Waals surface area contributed by atoms with Gasteiger partial charge >= 0.3 is 6.03 Å². The number of methoxy groups -OCH3 is 1. The van der Waals surface area contributed by atoms with E-state index in [9.17, 15) is 9.59 Å². The smallest absolute Gasteiger partial charge is 0.312 e. The van der Waals surface area contributed by atoms with Crippen molar-refractivity contribution in [1.82, 2.24) is 25.0 Å². The molecule has 2 amide bonds. The average Bonchev–Trinajstić information content (AvgIpc) is 3.51. The molecule has 0 unspecified atom stereocenters. The number of ketones is 1. The molecule has 2 aromatic heterocycles. The van der Waals surface area contributed by atoms with Crippen LogP contribution in [0, 0.1) is 13.8 Å². The molecule has 5 rings (SSSR count). The van der Waals surface area contributed by atoms with Gasteiger partial charge in [0.15, 0.2) is 5.76 Å². The second kappa shape index (κ2) is 10.3. The van der Waals surface area contributed by atoms with Crippen LogP contribution in [-0.2, 0) is 13.1 Å². The Morgan fingerprint density at radius 2 is 2.03 bits per heavy atom. The zero-order valence-electron chi connectivity index (χ0n) is 22.7. The number of aromatic nitrogens is 3. The topological polar surface area (TPSA) is 128 Å². The first-order chi connectivity index (χ1) is 18.7. The molecule has 10 heteroatoms. The average molecular weight is 529 g/mol. The highest BCUT2D eigenvalue weighted by molar-refractivity contribution is 6.16. The van der Waals surface area contributed by atoms with Gasteiger partial charge < -0.3 is 30.4 Å². The van der Waals surface area contributed by atoms with E-state index in [4.69, 9.17) is 20.3 Å². The van der Waals surface area contributed by atoms with Crippen LogP contribution in [0.25, 0.3) is 28.2 Å². The number of carbonyl (C=O) groups excluding carboxylic acids is 2. The summed E-state index contributed by atoms with van der Waals surface area (Å²) in [6.07, 6.45) is 1.79. The van der Waals surface area contributed by atoms with E-state index in [1.54, 1.807) is 31.4 Å². The van der Waals surface area contributed by atoms with Crippen LogP contribution < -0.4 is 20.5 Å². The molecule has 4 aromatic rings. The summed E-state index contributed by atoms with van der Waals surface area (Å²) in [5, 5.41) is 8.25. The second-order valence-electron chi connectivity index (χ2n) is 9.89. The molecule has 0 aliphatic carbocycles. The van der Waals surface area contributed by atoms with Crippen molar-refractivity contribution in [1.29, 1.82) is 0 Å². The van der Waals surface area contributed by atoms with E-state index in [-0.39, 0.29) is 18.1 Å². The van der Waals surface area contributed by atoms with Gasteiger partial charge in [0, 0.05) is 40.8 Å². The van der Waals surface area contributed by atoms with Crippen LogP contribution in [0.3, 0.4) is 0 Å². The van der Waals surface area contributed by atoms with Crippen molar-refractivity contribution in [3.8, 4) is 22.8 Å². The fourth-order valence-electron chi connectivity index (χ4n) is 4.90. The Balaban J connectivity index is 1.61. The maximum atomic E-state index is 13.4. The normalized spacial score (nSPS) is 13.8. The molecular weight excluding hydrogens is 496 g/mol. The molecule has 3 heterocycles. The van der Waals surface area contributed by atoms with E-state index in [1.807, 2.05) is 43.9 Å². The summed E-state index contributed by atoms with van der Waals surface area (Å²) in [7, 11) is 5.70. The van der Waals surface area contributed by atoms with Crippen LogP contribution in [-0.4, -0.2) is 59.2 Å². The highest BCUT2D eigenvalue weighted by Gasteiger charge is 2.29. The van der Waals surface area contributed by atoms with Gasteiger partial charge in [0.25, 0.3) is 0 Å². The molecule has 0 spiro atoms. The number of rotatable bonds is 8. The van der Waals surface area contributed by atoms with Crippen LogP contribution >= 0.6 is 0 Å². The van der Waals surface area contributed by atoms with Gasteiger partial charge in [0.2, 0.25) is 5.78 Å². The van der Waals surface area contributed by atoms with Gasteiger partial charge in [-0.3, -0.25) is 9.48 Å². The standard InChI is InChI=1S/C29H32N6O4/c1-16-26(17(2)35(33-16)11-10-34(3)4)27-21(20-13-19(38-5)7-8-23(20)32-27)14-25-28(36)22-12-18(15-31-29(30)37)6-9-24(22)39-25/h6-9,12-14,32H,10-11,15H2,1-5H3,(H3,30,31,37). The molecule has 0 bridgehead atoms. The summed E-state index contributed by atoms with van der Waals surface area (Å²) in [6.45, 7) is 5.89. The van der Waals surface area contributed by atoms with Gasteiger partial charge in [0.05, 0.1) is 30.6 Å². The first kappa shape index (κ1) is 26.1. The predicted molar refractivity (Wildman–Crippen MR) is 150 cm³/mol. The number of likely N-dealkylation sites (N-methyl/N-ethyl adjacent to an activating group) is 1. The number of urea groups is 1. The number of allylic oxidation sites excluding steroid dienone is 1. The number of amides is 2. The number of nitrogens with two attached hydrogens (primary N) is 1. The van der Waals surface area contributed by atoms with Gasteiger partial charge in [-0.25, -0.2) is 4.79 Å². The lowest BCUT2D eigenvalue weighted by atomic mass is 10.0. The van der Waals surface area contributed by atoms with Crippen molar-refractivity contribution in [3.63, 3.8) is 0 Å². The molecule has 0 saturated carbocycles. The quantitative estimate of drug-likeness (QED) is 0.297.